The molecule has 10 heteroatoms. The van der Waals surface area contributed by atoms with Crippen LogP contribution in [-0.2, 0) is 10.0 Å². The van der Waals surface area contributed by atoms with Gasteiger partial charge in [-0.2, -0.15) is 0 Å². The van der Waals surface area contributed by atoms with Crippen LogP contribution in [-0.4, -0.2) is 36.4 Å². The first kappa shape index (κ1) is 26.7. The van der Waals surface area contributed by atoms with E-state index in [-0.39, 0.29) is 12.1 Å². The highest BCUT2D eigenvalue weighted by molar-refractivity contribution is 7.92. The van der Waals surface area contributed by atoms with E-state index < -0.39 is 10.0 Å². The van der Waals surface area contributed by atoms with E-state index in [0.29, 0.717) is 10.8 Å². The van der Waals surface area contributed by atoms with Gasteiger partial charge in [0.25, 0.3) is 0 Å². The summed E-state index contributed by atoms with van der Waals surface area (Å²) in [7, 11) is -1.74. The van der Waals surface area contributed by atoms with Crippen molar-refractivity contribution in [3.8, 4) is 11.4 Å². The fourth-order valence-corrected chi connectivity index (χ4v) is 6.27. The number of hydrogen-bond acceptors (Lipinski definition) is 5. The van der Waals surface area contributed by atoms with E-state index in [0.717, 1.165) is 51.6 Å². The number of anilines is 2. The third-order valence-electron chi connectivity index (χ3n) is 6.98. The molecule has 1 aliphatic rings. The second-order valence-electron chi connectivity index (χ2n) is 9.73. The minimum Gasteiger partial charge on any atom is -0.497 e. The predicted molar refractivity (Wildman–Crippen MR) is 159 cm³/mol. The van der Waals surface area contributed by atoms with Crippen molar-refractivity contribution in [2.75, 3.05) is 23.0 Å². The highest BCUT2D eigenvalue weighted by atomic mass is 32.2. The highest BCUT2D eigenvalue weighted by Crippen LogP contribution is 2.44. The lowest BCUT2D eigenvalue weighted by Crippen LogP contribution is -2.29. The van der Waals surface area contributed by atoms with Gasteiger partial charge < -0.3 is 19.5 Å². The molecule has 8 nitrogen and oxygen atoms in total. The van der Waals surface area contributed by atoms with E-state index in [9.17, 15) is 8.42 Å². The van der Waals surface area contributed by atoms with Gasteiger partial charge in [0, 0.05) is 35.0 Å². The summed E-state index contributed by atoms with van der Waals surface area (Å²) >= 11 is 5.90. The first-order valence-electron chi connectivity index (χ1n) is 12.5. The maximum atomic E-state index is 11.8. The normalized spacial score (nSPS) is 17.3. The van der Waals surface area contributed by atoms with Crippen molar-refractivity contribution < 1.29 is 13.2 Å². The van der Waals surface area contributed by atoms with Gasteiger partial charge in [-0.15, -0.1) is 0 Å². The standard InChI is InChI=1S/C29H31N5O3S2/c1-18-15-22(12-13-25(18)32-39(5,35)36)34-28(27(31-29(34)38)26-11-6-7-14-30-26)24-16-19(2)33(20(24)3)21-9-8-10-23(17-21)37-4/h6-17,27-28,32H,1-5H3,(H,31,38). The Morgan fingerprint density at radius 3 is 2.46 bits per heavy atom. The van der Waals surface area contributed by atoms with Crippen molar-refractivity contribution in [1.29, 1.82) is 0 Å². The molecular formula is C29H31N5O3S2. The fraction of sp³-hybridized carbons (Fsp3) is 0.241. The lowest BCUT2D eigenvalue weighted by molar-refractivity contribution is 0.414. The molecule has 2 aromatic carbocycles. The van der Waals surface area contributed by atoms with E-state index in [1.54, 1.807) is 19.4 Å². The zero-order chi connectivity index (χ0) is 27.9. The van der Waals surface area contributed by atoms with Crippen LogP contribution in [0, 0.1) is 20.8 Å². The molecule has 2 aromatic heterocycles. The molecule has 1 saturated heterocycles. The van der Waals surface area contributed by atoms with Gasteiger partial charge in [-0.3, -0.25) is 9.71 Å². The molecule has 0 aliphatic carbocycles. The van der Waals surface area contributed by atoms with Crippen LogP contribution in [0.15, 0.2) is 72.9 Å². The van der Waals surface area contributed by atoms with Gasteiger partial charge in [-0.25, -0.2) is 8.42 Å². The van der Waals surface area contributed by atoms with Crippen LogP contribution < -0.4 is 19.7 Å². The molecule has 39 heavy (non-hydrogen) atoms. The number of thiocarbonyl (C=S) groups is 1. The summed E-state index contributed by atoms with van der Waals surface area (Å²) in [6.45, 7) is 6.08. The van der Waals surface area contributed by atoms with Gasteiger partial charge >= 0.3 is 0 Å². The lowest BCUT2D eigenvalue weighted by atomic mass is 9.96. The predicted octanol–water partition coefficient (Wildman–Crippen LogP) is 5.35. The molecule has 202 valence electrons. The molecule has 0 amide bonds. The molecule has 2 atom stereocenters. The molecule has 3 heterocycles. The fourth-order valence-electron chi connectivity index (χ4n) is 5.29. The second-order valence-corrected chi connectivity index (χ2v) is 11.9. The van der Waals surface area contributed by atoms with E-state index in [1.165, 1.54) is 0 Å². The maximum Gasteiger partial charge on any atom is 0.229 e. The average molecular weight is 562 g/mol. The number of ether oxygens (including phenoxy) is 1. The summed E-state index contributed by atoms with van der Waals surface area (Å²) in [5.41, 5.74) is 7.35. The van der Waals surface area contributed by atoms with Crippen LogP contribution >= 0.6 is 12.2 Å². The summed E-state index contributed by atoms with van der Waals surface area (Å²) < 4.78 is 34.0. The number of hydrogen-bond donors (Lipinski definition) is 2. The summed E-state index contributed by atoms with van der Waals surface area (Å²) in [4.78, 5) is 6.76. The Morgan fingerprint density at radius 2 is 1.79 bits per heavy atom. The minimum atomic E-state index is -3.40. The average Bonchev–Trinajstić information content (AvgIpc) is 3.40. The number of sulfonamides is 1. The van der Waals surface area contributed by atoms with Crippen LogP contribution in [0.1, 0.15) is 40.3 Å². The van der Waals surface area contributed by atoms with Gasteiger partial charge in [-0.05, 0) is 92.6 Å². The third-order valence-corrected chi connectivity index (χ3v) is 7.89. The Balaban J connectivity index is 1.65. The van der Waals surface area contributed by atoms with Crippen LogP contribution in [0.25, 0.3) is 5.69 Å². The van der Waals surface area contributed by atoms with Crippen molar-refractivity contribution in [3.05, 3.63) is 101 Å². The van der Waals surface area contributed by atoms with Gasteiger partial charge in [0.05, 0.1) is 36.8 Å². The molecule has 2 N–H and O–H groups in total. The number of nitrogens with one attached hydrogen (secondary N) is 2. The maximum absolute atomic E-state index is 11.8. The Hall–Kier alpha value is -3.89. The Labute approximate surface area is 234 Å². The largest absolute Gasteiger partial charge is 0.497 e. The first-order chi connectivity index (χ1) is 18.6. The second kappa shape index (κ2) is 10.3. The topological polar surface area (TPSA) is 88.5 Å². The number of aryl methyl sites for hydroxylation is 2. The minimum absolute atomic E-state index is 0.202. The molecule has 2 unspecified atom stereocenters. The highest BCUT2D eigenvalue weighted by Gasteiger charge is 2.42. The molecule has 0 radical (unpaired) electrons. The number of pyridine rings is 1. The number of methoxy groups -OCH3 is 1. The van der Waals surface area contributed by atoms with Crippen LogP contribution in [0.3, 0.4) is 0 Å². The molecule has 0 spiro atoms. The Bertz CT molecular complexity index is 1650. The van der Waals surface area contributed by atoms with Crippen LogP contribution in [0.2, 0.25) is 0 Å². The molecule has 0 bridgehead atoms. The van der Waals surface area contributed by atoms with Crippen molar-refractivity contribution in [2.45, 2.75) is 32.9 Å². The lowest BCUT2D eigenvalue weighted by Gasteiger charge is -2.29. The number of rotatable bonds is 7. The van der Waals surface area contributed by atoms with E-state index >= 15 is 0 Å². The third kappa shape index (κ3) is 5.22. The van der Waals surface area contributed by atoms with E-state index in [1.807, 2.05) is 55.5 Å². The Kier molecular flexibility index (Phi) is 7.09. The molecule has 1 aliphatic heterocycles. The van der Waals surface area contributed by atoms with Crippen molar-refractivity contribution in [1.82, 2.24) is 14.9 Å². The van der Waals surface area contributed by atoms with Gasteiger partial charge in [0.1, 0.15) is 5.75 Å². The molecule has 4 aromatic rings. The monoisotopic (exact) mass is 561 g/mol. The number of benzene rings is 2. The summed E-state index contributed by atoms with van der Waals surface area (Å²) in [5.74, 6) is 0.788. The molecule has 1 fully saturated rings. The summed E-state index contributed by atoms with van der Waals surface area (Å²) in [6.07, 6.45) is 2.93. The Morgan fingerprint density at radius 1 is 1.00 bits per heavy atom. The van der Waals surface area contributed by atoms with Crippen molar-refractivity contribution >= 4 is 38.7 Å². The quantitative estimate of drug-likeness (QED) is 0.294. The smallest absolute Gasteiger partial charge is 0.229 e. The number of aromatic nitrogens is 2. The van der Waals surface area contributed by atoms with Crippen LogP contribution in [0.4, 0.5) is 11.4 Å². The number of nitrogens with zero attached hydrogens (tertiary/aromatic N) is 3. The van der Waals surface area contributed by atoms with Crippen molar-refractivity contribution in [2.24, 2.45) is 0 Å². The SMILES string of the molecule is COc1cccc(-n2c(C)cc(C3C(c4ccccn4)NC(=S)N3c3ccc(NS(C)(=O)=O)c(C)c3)c2C)c1. The summed E-state index contributed by atoms with van der Waals surface area (Å²) in [6, 6.07) is 21.3. The first-order valence-corrected chi connectivity index (χ1v) is 14.8. The van der Waals surface area contributed by atoms with Crippen LogP contribution in [0.5, 0.6) is 5.75 Å². The van der Waals surface area contributed by atoms with E-state index in [4.69, 9.17) is 17.0 Å². The van der Waals surface area contributed by atoms with Crippen molar-refractivity contribution in [3.63, 3.8) is 0 Å². The van der Waals surface area contributed by atoms with Gasteiger partial charge in [0.15, 0.2) is 5.11 Å². The van der Waals surface area contributed by atoms with E-state index in [2.05, 4.69) is 50.5 Å². The van der Waals surface area contributed by atoms with Gasteiger partial charge in [0.2, 0.25) is 10.0 Å². The zero-order valence-corrected chi connectivity index (χ0v) is 24.1. The zero-order valence-electron chi connectivity index (χ0n) is 22.5. The molecule has 5 rings (SSSR count). The molecular weight excluding hydrogens is 530 g/mol. The molecule has 0 saturated carbocycles. The van der Waals surface area contributed by atoms with Gasteiger partial charge in [-0.1, -0.05) is 12.1 Å². The summed E-state index contributed by atoms with van der Waals surface area (Å²) in [5, 5.41) is 4.08.